The van der Waals surface area contributed by atoms with Crippen LogP contribution in [-0.2, 0) is 47.4 Å². The smallest absolute Gasteiger partial charge is 0.305 e. The van der Waals surface area contributed by atoms with Gasteiger partial charge in [-0.1, -0.05) is 32.6 Å². The summed E-state index contributed by atoms with van der Waals surface area (Å²) >= 11 is 5.64. The lowest BCUT2D eigenvalue weighted by Crippen LogP contribution is -2.15. The minimum absolute atomic E-state index is 0.155. The first-order valence-corrected chi connectivity index (χ1v) is 15.2. The Morgan fingerprint density at radius 1 is 0.436 bits per heavy atom. The van der Waals surface area contributed by atoms with Crippen LogP contribution in [0.4, 0.5) is 0 Å². The number of ether oxygens (including phenoxy) is 9. The van der Waals surface area contributed by atoms with Gasteiger partial charge in [-0.3, -0.25) is 4.79 Å². The van der Waals surface area contributed by atoms with Crippen molar-refractivity contribution in [3.8, 4) is 0 Å². The maximum atomic E-state index is 11.4. The Balaban J connectivity index is 3.06. The number of hydrogen-bond acceptors (Lipinski definition) is 10. The van der Waals surface area contributed by atoms with Crippen molar-refractivity contribution in [1.82, 2.24) is 0 Å². The van der Waals surface area contributed by atoms with Gasteiger partial charge in [0, 0.05) is 18.9 Å². The highest BCUT2D eigenvalue weighted by atomic mass is 35.5. The van der Waals surface area contributed by atoms with E-state index in [0.717, 1.165) is 44.6 Å². The van der Waals surface area contributed by atoms with Crippen molar-refractivity contribution >= 4 is 17.6 Å². The van der Waals surface area contributed by atoms with Crippen molar-refractivity contribution in [2.24, 2.45) is 0 Å². The predicted octanol–water partition coefficient (Wildman–Crippen LogP) is 4.04. The summed E-state index contributed by atoms with van der Waals surface area (Å²) in [5, 5.41) is 0. The number of carbonyl (C=O) groups is 1. The van der Waals surface area contributed by atoms with Crippen LogP contribution < -0.4 is 0 Å². The van der Waals surface area contributed by atoms with Crippen molar-refractivity contribution in [1.29, 1.82) is 0 Å². The number of alkyl halides is 1. The lowest BCUT2D eigenvalue weighted by molar-refractivity contribution is -0.145. The Kier molecular flexibility index (Phi) is 35.0. The molecule has 0 aromatic carbocycles. The predicted molar refractivity (Wildman–Crippen MR) is 151 cm³/mol. The van der Waals surface area contributed by atoms with Crippen LogP contribution in [0.1, 0.15) is 58.3 Å². The second kappa shape index (κ2) is 35.5. The molecule has 0 aliphatic rings. The number of rotatable bonds is 34. The Bertz CT molecular complexity index is 474. The van der Waals surface area contributed by atoms with Crippen LogP contribution in [0.3, 0.4) is 0 Å². The molecular formula is C28H55ClO10. The Hall–Kier alpha value is -0.560. The molecule has 11 heteroatoms. The number of hydrogen-bond donors (Lipinski definition) is 0. The van der Waals surface area contributed by atoms with Crippen molar-refractivity contribution in [2.75, 3.05) is 118 Å². The number of unbranched alkanes of at least 4 members (excludes halogenated alkanes) is 5. The molecule has 0 aromatic heterocycles. The van der Waals surface area contributed by atoms with E-state index >= 15 is 0 Å². The van der Waals surface area contributed by atoms with Gasteiger partial charge in [-0.25, -0.2) is 0 Å². The van der Waals surface area contributed by atoms with Gasteiger partial charge in [0.2, 0.25) is 0 Å². The van der Waals surface area contributed by atoms with E-state index in [9.17, 15) is 4.79 Å². The second-order valence-electron chi connectivity index (χ2n) is 8.68. The SMILES string of the molecule is CCCCCC(=O)OCCOCCOCCOCCOCCOCCOCCOCCOCCCCCCCl. The van der Waals surface area contributed by atoms with Gasteiger partial charge >= 0.3 is 5.97 Å². The summed E-state index contributed by atoms with van der Waals surface area (Å²) < 4.78 is 48.7. The number of carbonyl (C=O) groups excluding carboxylic acids is 1. The van der Waals surface area contributed by atoms with Crippen LogP contribution in [0.15, 0.2) is 0 Å². The summed E-state index contributed by atoms with van der Waals surface area (Å²) in [5.41, 5.74) is 0. The van der Waals surface area contributed by atoms with E-state index in [1.807, 2.05) is 0 Å². The molecule has 234 valence electrons. The van der Waals surface area contributed by atoms with Crippen LogP contribution in [0.5, 0.6) is 0 Å². The van der Waals surface area contributed by atoms with Crippen LogP contribution in [0, 0.1) is 0 Å². The molecule has 0 amide bonds. The Morgan fingerprint density at radius 3 is 1.18 bits per heavy atom. The molecule has 0 fully saturated rings. The minimum atomic E-state index is -0.155. The van der Waals surface area contributed by atoms with E-state index in [1.54, 1.807) is 0 Å². The van der Waals surface area contributed by atoms with Crippen LogP contribution >= 0.6 is 11.6 Å². The molecule has 0 saturated heterocycles. The van der Waals surface area contributed by atoms with Crippen LogP contribution in [0.2, 0.25) is 0 Å². The van der Waals surface area contributed by atoms with Gasteiger partial charge < -0.3 is 42.6 Å². The van der Waals surface area contributed by atoms with Crippen molar-refractivity contribution in [2.45, 2.75) is 58.3 Å². The highest BCUT2D eigenvalue weighted by molar-refractivity contribution is 6.17. The molecule has 0 saturated carbocycles. The zero-order chi connectivity index (χ0) is 28.3. The van der Waals surface area contributed by atoms with Gasteiger partial charge in [0.15, 0.2) is 0 Å². The molecule has 0 aliphatic carbocycles. The lowest BCUT2D eigenvalue weighted by Gasteiger charge is -2.09. The number of halogens is 1. The zero-order valence-electron chi connectivity index (χ0n) is 24.3. The van der Waals surface area contributed by atoms with Gasteiger partial charge in [-0.2, -0.15) is 0 Å². The van der Waals surface area contributed by atoms with Crippen LogP contribution in [-0.4, -0.2) is 124 Å². The largest absolute Gasteiger partial charge is 0.463 e. The van der Waals surface area contributed by atoms with E-state index in [4.69, 9.17) is 54.2 Å². The maximum Gasteiger partial charge on any atom is 0.305 e. The summed E-state index contributed by atoms with van der Waals surface area (Å²) in [5.74, 6) is 0.588. The molecule has 0 radical (unpaired) electrons. The first kappa shape index (κ1) is 38.4. The topological polar surface area (TPSA) is 100 Å². The summed E-state index contributed by atoms with van der Waals surface area (Å²) in [6.07, 6.45) is 8.01. The maximum absolute atomic E-state index is 11.4. The van der Waals surface area contributed by atoms with Crippen molar-refractivity contribution in [3.63, 3.8) is 0 Å². The minimum Gasteiger partial charge on any atom is -0.463 e. The molecule has 0 aromatic rings. The summed E-state index contributed by atoms with van der Waals surface area (Å²) in [7, 11) is 0. The summed E-state index contributed by atoms with van der Waals surface area (Å²) in [6, 6.07) is 0. The fraction of sp³-hybridized carbons (Fsp3) is 0.964. The highest BCUT2D eigenvalue weighted by Gasteiger charge is 2.01. The van der Waals surface area contributed by atoms with Gasteiger partial charge in [-0.05, 0) is 19.3 Å². The molecule has 0 aliphatic heterocycles. The third kappa shape index (κ3) is 35.4. The molecule has 0 bridgehead atoms. The zero-order valence-corrected chi connectivity index (χ0v) is 25.1. The fourth-order valence-corrected chi connectivity index (χ4v) is 3.29. The first-order chi connectivity index (χ1) is 19.3. The van der Waals surface area contributed by atoms with Gasteiger partial charge in [0.05, 0.1) is 99.1 Å². The van der Waals surface area contributed by atoms with Crippen LogP contribution in [0.25, 0.3) is 0 Å². The summed E-state index contributed by atoms with van der Waals surface area (Å²) in [4.78, 5) is 11.4. The van der Waals surface area contributed by atoms with E-state index in [2.05, 4.69) is 6.92 Å². The molecule has 0 spiro atoms. The van der Waals surface area contributed by atoms with Gasteiger partial charge in [-0.15, -0.1) is 11.6 Å². The highest BCUT2D eigenvalue weighted by Crippen LogP contribution is 2.01. The lowest BCUT2D eigenvalue weighted by atomic mass is 10.2. The average Bonchev–Trinajstić information content (AvgIpc) is 2.94. The number of esters is 1. The summed E-state index contributed by atoms with van der Waals surface area (Å²) in [6.45, 7) is 10.9. The molecule has 0 unspecified atom stereocenters. The second-order valence-corrected chi connectivity index (χ2v) is 9.06. The molecule has 39 heavy (non-hydrogen) atoms. The quantitative estimate of drug-likeness (QED) is 0.0624. The van der Waals surface area contributed by atoms with E-state index in [0.29, 0.717) is 106 Å². The monoisotopic (exact) mass is 586 g/mol. The molecular weight excluding hydrogens is 532 g/mol. The molecule has 0 heterocycles. The Morgan fingerprint density at radius 2 is 0.795 bits per heavy atom. The van der Waals surface area contributed by atoms with Gasteiger partial charge in [0.1, 0.15) is 6.61 Å². The third-order valence-corrected chi connectivity index (χ3v) is 5.52. The molecule has 10 nitrogen and oxygen atoms in total. The third-order valence-electron chi connectivity index (χ3n) is 5.25. The first-order valence-electron chi connectivity index (χ1n) is 14.6. The molecule has 0 atom stereocenters. The molecule has 0 rings (SSSR count). The Labute approximate surface area is 241 Å². The molecule has 0 N–H and O–H groups in total. The van der Waals surface area contributed by atoms with E-state index in [1.165, 1.54) is 12.8 Å². The van der Waals surface area contributed by atoms with E-state index in [-0.39, 0.29) is 12.6 Å². The van der Waals surface area contributed by atoms with E-state index < -0.39 is 0 Å². The van der Waals surface area contributed by atoms with Crippen molar-refractivity contribution in [3.05, 3.63) is 0 Å². The standard InChI is InChI=1S/C28H55ClO10/c1-2-3-6-9-28(30)39-27-26-38-25-24-37-23-22-36-21-20-35-19-18-34-17-16-33-15-14-32-13-12-31-11-8-5-4-7-10-29/h2-27H2,1H3. The van der Waals surface area contributed by atoms with Crippen molar-refractivity contribution < 1.29 is 47.4 Å². The van der Waals surface area contributed by atoms with Gasteiger partial charge in [0.25, 0.3) is 0 Å². The fourth-order valence-electron chi connectivity index (χ4n) is 3.10. The average molecular weight is 587 g/mol. The normalized spacial score (nSPS) is 11.3.